The molecular formula is C20H22Cl2N2O3. The highest BCUT2D eigenvalue weighted by Gasteiger charge is 2.29. The number of ether oxygens (including phenoxy) is 1. The molecule has 1 fully saturated rings. The van der Waals surface area contributed by atoms with Gasteiger partial charge in [0.2, 0.25) is 0 Å². The molecule has 3 rings (SSSR count). The van der Waals surface area contributed by atoms with Gasteiger partial charge in [0.15, 0.2) is 6.61 Å². The average Bonchev–Trinajstić information content (AvgIpc) is 3.40. The van der Waals surface area contributed by atoms with Crippen LogP contribution in [0.15, 0.2) is 24.3 Å². The molecule has 1 N–H and O–H groups in total. The molecule has 1 atom stereocenters. The van der Waals surface area contributed by atoms with Crippen molar-refractivity contribution in [3.05, 3.63) is 56.8 Å². The van der Waals surface area contributed by atoms with Gasteiger partial charge in [0.25, 0.3) is 5.91 Å². The highest BCUT2D eigenvalue weighted by molar-refractivity contribution is 6.42. The van der Waals surface area contributed by atoms with Crippen molar-refractivity contribution in [3.8, 4) is 0 Å². The summed E-state index contributed by atoms with van der Waals surface area (Å²) in [5.41, 5.74) is 3.27. The molecule has 1 aromatic carbocycles. The van der Waals surface area contributed by atoms with E-state index in [9.17, 15) is 9.59 Å². The lowest BCUT2D eigenvalue weighted by Gasteiger charge is -2.15. The number of esters is 1. The Morgan fingerprint density at radius 3 is 2.56 bits per heavy atom. The fourth-order valence-electron chi connectivity index (χ4n) is 3.24. The molecule has 0 aliphatic heterocycles. The van der Waals surface area contributed by atoms with Crippen molar-refractivity contribution in [1.82, 2.24) is 9.88 Å². The van der Waals surface area contributed by atoms with E-state index in [1.165, 1.54) is 0 Å². The molecule has 0 unspecified atom stereocenters. The standard InChI is InChI=1S/C20H22Cl2N2O3/c1-11-8-16(13(3)24(11)15-5-6-15)20(26)27-10-19(25)23-12(2)14-4-7-17(21)18(22)9-14/h4,7-9,12,15H,5-6,10H2,1-3H3,(H,23,25)/t12-/m1/s1. The minimum atomic E-state index is -0.479. The maximum atomic E-state index is 12.4. The van der Waals surface area contributed by atoms with Crippen LogP contribution in [0.3, 0.4) is 0 Å². The number of halogens is 2. The smallest absolute Gasteiger partial charge is 0.340 e. The Bertz CT molecular complexity index is 888. The number of benzene rings is 1. The summed E-state index contributed by atoms with van der Waals surface area (Å²) in [5.74, 6) is -0.856. The summed E-state index contributed by atoms with van der Waals surface area (Å²) in [6.45, 7) is 5.38. The summed E-state index contributed by atoms with van der Waals surface area (Å²) in [7, 11) is 0. The predicted molar refractivity (Wildman–Crippen MR) is 105 cm³/mol. The first-order valence-electron chi connectivity index (χ1n) is 8.87. The van der Waals surface area contributed by atoms with Gasteiger partial charge in [-0.15, -0.1) is 0 Å². The van der Waals surface area contributed by atoms with Crippen LogP contribution in [-0.4, -0.2) is 23.1 Å². The first kappa shape index (κ1) is 19.8. The minimum Gasteiger partial charge on any atom is -0.452 e. The third-order valence-corrected chi connectivity index (χ3v) is 5.51. The molecule has 1 amide bonds. The van der Waals surface area contributed by atoms with Crippen molar-refractivity contribution in [2.45, 2.75) is 45.7 Å². The highest BCUT2D eigenvalue weighted by Crippen LogP contribution is 2.38. The second-order valence-electron chi connectivity index (χ2n) is 6.92. The van der Waals surface area contributed by atoms with Gasteiger partial charge >= 0.3 is 5.97 Å². The van der Waals surface area contributed by atoms with Gasteiger partial charge in [-0.3, -0.25) is 4.79 Å². The molecule has 1 saturated carbocycles. The summed E-state index contributed by atoms with van der Waals surface area (Å²) in [6, 6.07) is 7.20. The summed E-state index contributed by atoms with van der Waals surface area (Å²) in [5, 5.41) is 3.67. The summed E-state index contributed by atoms with van der Waals surface area (Å²) in [4.78, 5) is 24.5. The van der Waals surface area contributed by atoms with Crippen LogP contribution in [0.2, 0.25) is 10.0 Å². The number of amides is 1. The van der Waals surface area contributed by atoms with E-state index in [0.717, 1.165) is 29.8 Å². The van der Waals surface area contributed by atoms with E-state index in [-0.39, 0.29) is 18.6 Å². The van der Waals surface area contributed by atoms with Gasteiger partial charge in [-0.05, 0) is 57.4 Å². The van der Waals surface area contributed by atoms with Crippen LogP contribution >= 0.6 is 23.2 Å². The van der Waals surface area contributed by atoms with E-state index >= 15 is 0 Å². The fraction of sp³-hybridized carbons (Fsp3) is 0.400. The molecule has 144 valence electrons. The topological polar surface area (TPSA) is 60.3 Å². The zero-order valence-electron chi connectivity index (χ0n) is 15.5. The van der Waals surface area contributed by atoms with Crippen LogP contribution in [0.5, 0.6) is 0 Å². The van der Waals surface area contributed by atoms with Crippen LogP contribution < -0.4 is 5.32 Å². The molecule has 0 spiro atoms. The summed E-state index contributed by atoms with van der Waals surface area (Å²) in [6.07, 6.45) is 2.28. The molecule has 7 heteroatoms. The molecule has 1 aliphatic carbocycles. The van der Waals surface area contributed by atoms with Crippen molar-refractivity contribution in [3.63, 3.8) is 0 Å². The Hall–Kier alpha value is -1.98. The Morgan fingerprint density at radius 1 is 1.22 bits per heavy atom. The van der Waals surface area contributed by atoms with Crippen LogP contribution in [-0.2, 0) is 9.53 Å². The number of rotatable bonds is 6. The van der Waals surface area contributed by atoms with Gasteiger partial charge in [0, 0.05) is 17.4 Å². The van der Waals surface area contributed by atoms with Crippen molar-refractivity contribution < 1.29 is 14.3 Å². The van der Waals surface area contributed by atoms with Crippen LogP contribution in [0, 0.1) is 13.8 Å². The lowest BCUT2D eigenvalue weighted by Crippen LogP contribution is -2.31. The maximum Gasteiger partial charge on any atom is 0.340 e. The Balaban J connectivity index is 1.56. The lowest BCUT2D eigenvalue weighted by molar-refractivity contribution is -0.124. The number of nitrogens with zero attached hydrogens (tertiary/aromatic N) is 1. The molecule has 0 saturated heterocycles. The first-order valence-corrected chi connectivity index (χ1v) is 9.63. The molecule has 2 aromatic rings. The SMILES string of the molecule is Cc1cc(C(=O)OCC(=O)N[C@H](C)c2ccc(Cl)c(Cl)c2)c(C)n1C1CC1. The highest BCUT2D eigenvalue weighted by atomic mass is 35.5. The van der Waals surface area contributed by atoms with Gasteiger partial charge in [-0.25, -0.2) is 4.79 Å². The Morgan fingerprint density at radius 2 is 1.93 bits per heavy atom. The average molecular weight is 409 g/mol. The second-order valence-corrected chi connectivity index (χ2v) is 7.74. The van der Waals surface area contributed by atoms with Gasteiger partial charge in [-0.1, -0.05) is 29.3 Å². The Labute approximate surface area is 168 Å². The fourth-order valence-corrected chi connectivity index (χ4v) is 3.54. The molecule has 1 aromatic heterocycles. The number of aryl methyl sites for hydroxylation is 1. The van der Waals surface area contributed by atoms with Crippen molar-refractivity contribution >= 4 is 35.1 Å². The maximum absolute atomic E-state index is 12.4. The third-order valence-electron chi connectivity index (χ3n) is 4.77. The van der Waals surface area contributed by atoms with Gasteiger partial charge in [-0.2, -0.15) is 0 Å². The monoisotopic (exact) mass is 408 g/mol. The third kappa shape index (κ3) is 4.47. The number of hydrogen-bond acceptors (Lipinski definition) is 3. The lowest BCUT2D eigenvalue weighted by atomic mass is 10.1. The van der Waals surface area contributed by atoms with E-state index in [0.29, 0.717) is 21.7 Å². The van der Waals surface area contributed by atoms with Gasteiger partial charge in [0.05, 0.1) is 21.7 Å². The molecule has 1 heterocycles. The molecule has 0 radical (unpaired) electrons. The largest absolute Gasteiger partial charge is 0.452 e. The number of carbonyl (C=O) groups excluding carboxylic acids is 2. The van der Waals surface area contributed by atoms with Crippen molar-refractivity contribution in [2.24, 2.45) is 0 Å². The zero-order chi connectivity index (χ0) is 19.7. The van der Waals surface area contributed by atoms with Crippen molar-refractivity contribution in [1.29, 1.82) is 0 Å². The Kier molecular flexibility index (Phi) is 5.82. The van der Waals surface area contributed by atoms with Crippen LogP contribution in [0.4, 0.5) is 0 Å². The quantitative estimate of drug-likeness (QED) is 0.699. The first-order chi connectivity index (χ1) is 12.8. The van der Waals surface area contributed by atoms with Crippen LogP contribution in [0.1, 0.15) is 59.2 Å². The van der Waals surface area contributed by atoms with Crippen LogP contribution in [0.25, 0.3) is 0 Å². The molecule has 5 nitrogen and oxygen atoms in total. The van der Waals surface area contributed by atoms with Crippen molar-refractivity contribution in [2.75, 3.05) is 6.61 Å². The number of nitrogens with one attached hydrogen (secondary N) is 1. The normalized spacial score (nSPS) is 14.7. The van der Waals surface area contributed by atoms with E-state index in [1.807, 2.05) is 26.8 Å². The zero-order valence-corrected chi connectivity index (χ0v) is 17.0. The van der Waals surface area contributed by atoms with E-state index in [1.54, 1.807) is 18.2 Å². The van der Waals surface area contributed by atoms with E-state index in [2.05, 4.69) is 9.88 Å². The second kappa shape index (κ2) is 7.95. The molecule has 1 aliphatic rings. The van der Waals surface area contributed by atoms with E-state index in [4.69, 9.17) is 27.9 Å². The van der Waals surface area contributed by atoms with Gasteiger partial charge in [0.1, 0.15) is 0 Å². The predicted octanol–water partition coefficient (Wildman–Crippen LogP) is 4.78. The molecular weight excluding hydrogens is 387 g/mol. The number of hydrogen-bond donors (Lipinski definition) is 1. The summed E-state index contributed by atoms with van der Waals surface area (Å²) < 4.78 is 7.38. The number of aromatic nitrogens is 1. The van der Waals surface area contributed by atoms with E-state index < -0.39 is 5.97 Å². The summed E-state index contributed by atoms with van der Waals surface area (Å²) >= 11 is 11.9. The van der Waals surface area contributed by atoms with Gasteiger partial charge < -0.3 is 14.6 Å². The minimum absolute atomic E-state index is 0.286. The number of carbonyl (C=O) groups is 2. The molecule has 0 bridgehead atoms. The molecule has 27 heavy (non-hydrogen) atoms.